The molecule has 100 valence electrons. The van der Waals surface area contributed by atoms with E-state index in [0.29, 0.717) is 6.04 Å². The average Bonchev–Trinajstić information content (AvgIpc) is 2.34. The highest BCUT2D eigenvalue weighted by Gasteiger charge is 2.22. The van der Waals surface area contributed by atoms with Gasteiger partial charge in [-0.1, -0.05) is 0 Å². The molecule has 0 saturated carbocycles. The highest BCUT2D eigenvalue weighted by atomic mass is 15.2. The number of rotatable bonds is 3. The summed E-state index contributed by atoms with van der Waals surface area (Å²) in [5.74, 6) is 2.95. The van der Waals surface area contributed by atoms with Crippen LogP contribution >= 0.6 is 0 Å². The van der Waals surface area contributed by atoms with Gasteiger partial charge in [0.1, 0.15) is 17.5 Å². The van der Waals surface area contributed by atoms with Gasteiger partial charge in [0.25, 0.3) is 0 Å². The highest BCUT2D eigenvalue weighted by molar-refractivity contribution is 5.59. The van der Waals surface area contributed by atoms with Gasteiger partial charge in [-0.25, -0.2) is 9.97 Å². The van der Waals surface area contributed by atoms with Gasteiger partial charge in [0.05, 0.1) is 0 Å². The van der Waals surface area contributed by atoms with Crippen molar-refractivity contribution in [2.45, 2.75) is 53.0 Å². The SMILES string of the molecule is CCNc1nc(C)nc(N2CCCCC2C)c1C. The summed E-state index contributed by atoms with van der Waals surface area (Å²) in [5, 5.41) is 3.33. The first-order valence-corrected chi connectivity index (χ1v) is 6.99. The van der Waals surface area contributed by atoms with Crippen molar-refractivity contribution in [1.29, 1.82) is 0 Å². The van der Waals surface area contributed by atoms with Crippen molar-refractivity contribution in [3.8, 4) is 0 Å². The first kappa shape index (κ1) is 13.1. The van der Waals surface area contributed by atoms with E-state index in [-0.39, 0.29) is 0 Å². The predicted octanol–water partition coefficient (Wildman–Crippen LogP) is 2.90. The Balaban J connectivity index is 2.36. The molecule has 1 aliphatic rings. The average molecular weight is 248 g/mol. The molecule has 1 aliphatic heterocycles. The molecule has 4 nitrogen and oxygen atoms in total. The molecule has 0 radical (unpaired) electrons. The second kappa shape index (κ2) is 5.55. The molecule has 0 amide bonds. The Hall–Kier alpha value is -1.32. The van der Waals surface area contributed by atoms with Crippen molar-refractivity contribution < 1.29 is 0 Å². The van der Waals surface area contributed by atoms with Gasteiger partial charge >= 0.3 is 0 Å². The van der Waals surface area contributed by atoms with Crippen LogP contribution in [0.1, 0.15) is 44.5 Å². The van der Waals surface area contributed by atoms with Gasteiger partial charge in [0.2, 0.25) is 0 Å². The second-order valence-electron chi connectivity index (χ2n) is 5.14. The minimum absolute atomic E-state index is 0.584. The Morgan fingerprint density at radius 2 is 2.06 bits per heavy atom. The smallest absolute Gasteiger partial charge is 0.137 e. The molecule has 0 bridgehead atoms. The van der Waals surface area contributed by atoms with E-state index in [0.717, 1.165) is 30.5 Å². The van der Waals surface area contributed by atoms with E-state index >= 15 is 0 Å². The molecule has 0 spiro atoms. The molecule has 1 aromatic heterocycles. The molecule has 1 saturated heterocycles. The zero-order valence-electron chi connectivity index (χ0n) is 12.0. The van der Waals surface area contributed by atoms with E-state index in [9.17, 15) is 0 Å². The summed E-state index contributed by atoms with van der Waals surface area (Å²) in [7, 11) is 0. The monoisotopic (exact) mass is 248 g/mol. The van der Waals surface area contributed by atoms with Crippen molar-refractivity contribution in [2.75, 3.05) is 23.3 Å². The number of aryl methyl sites for hydroxylation is 1. The second-order valence-corrected chi connectivity index (χ2v) is 5.14. The van der Waals surface area contributed by atoms with Crippen molar-refractivity contribution in [2.24, 2.45) is 0 Å². The number of hydrogen-bond donors (Lipinski definition) is 1. The van der Waals surface area contributed by atoms with E-state index in [1.165, 1.54) is 24.8 Å². The van der Waals surface area contributed by atoms with E-state index in [1.807, 2.05) is 6.92 Å². The Kier molecular flexibility index (Phi) is 4.04. The molecule has 2 heterocycles. The van der Waals surface area contributed by atoms with Crippen LogP contribution in [-0.4, -0.2) is 29.1 Å². The Morgan fingerprint density at radius 3 is 2.72 bits per heavy atom. The normalized spacial score (nSPS) is 20.0. The maximum atomic E-state index is 4.66. The first-order chi connectivity index (χ1) is 8.63. The van der Waals surface area contributed by atoms with Crippen molar-refractivity contribution in [1.82, 2.24) is 9.97 Å². The summed E-state index contributed by atoms with van der Waals surface area (Å²) >= 11 is 0. The fourth-order valence-corrected chi connectivity index (χ4v) is 2.65. The quantitative estimate of drug-likeness (QED) is 0.893. The molecule has 1 fully saturated rings. The molecule has 1 unspecified atom stereocenters. The molecule has 0 aromatic carbocycles. The van der Waals surface area contributed by atoms with E-state index < -0.39 is 0 Å². The molecule has 1 atom stereocenters. The molecule has 18 heavy (non-hydrogen) atoms. The summed E-state index contributed by atoms with van der Waals surface area (Å²) in [6.45, 7) is 10.5. The van der Waals surface area contributed by atoms with Crippen LogP contribution in [0, 0.1) is 13.8 Å². The number of aromatic nitrogens is 2. The van der Waals surface area contributed by atoms with E-state index in [2.05, 4.69) is 41.0 Å². The Morgan fingerprint density at radius 1 is 1.28 bits per heavy atom. The van der Waals surface area contributed by atoms with Crippen molar-refractivity contribution >= 4 is 11.6 Å². The van der Waals surface area contributed by atoms with Crippen LogP contribution in [0.25, 0.3) is 0 Å². The fourth-order valence-electron chi connectivity index (χ4n) is 2.65. The number of nitrogens with zero attached hydrogens (tertiary/aromatic N) is 3. The van der Waals surface area contributed by atoms with Gasteiger partial charge < -0.3 is 10.2 Å². The fraction of sp³-hybridized carbons (Fsp3) is 0.714. The van der Waals surface area contributed by atoms with Gasteiger partial charge in [-0.15, -0.1) is 0 Å². The molecule has 0 aliphatic carbocycles. The number of hydrogen-bond acceptors (Lipinski definition) is 4. The van der Waals surface area contributed by atoms with Crippen LogP contribution in [0.4, 0.5) is 11.6 Å². The minimum Gasteiger partial charge on any atom is -0.370 e. The largest absolute Gasteiger partial charge is 0.370 e. The molecule has 4 heteroatoms. The summed E-state index contributed by atoms with van der Waals surface area (Å²) < 4.78 is 0. The van der Waals surface area contributed by atoms with E-state index in [1.54, 1.807) is 0 Å². The zero-order chi connectivity index (χ0) is 13.1. The predicted molar refractivity (Wildman–Crippen MR) is 76.3 cm³/mol. The number of anilines is 2. The third-order valence-electron chi connectivity index (χ3n) is 3.65. The molecule has 2 rings (SSSR count). The lowest BCUT2D eigenvalue weighted by Gasteiger charge is -2.35. The lowest BCUT2D eigenvalue weighted by Crippen LogP contribution is -2.38. The molecular formula is C14H24N4. The van der Waals surface area contributed by atoms with E-state index in [4.69, 9.17) is 0 Å². The Bertz CT molecular complexity index is 417. The van der Waals surface area contributed by atoms with Crippen LogP contribution < -0.4 is 10.2 Å². The standard InChI is InChI=1S/C14H24N4/c1-5-15-13-11(3)14(17-12(4)16-13)18-9-7-6-8-10(18)2/h10H,5-9H2,1-4H3,(H,15,16,17). The third kappa shape index (κ3) is 2.57. The summed E-state index contributed by atoms with van der Waals surface area (Å²) in [5.41, 5.74) is 1.18. The van der Waals surface area contributed by atoms with Gasteiger partial charge in [0, 0.05) is 24.7 Å². The minimum atomic E-state index is 0.584. The molecule has 1 N–H and O–H groups in total. The van der Waals surface area contributed by atoms with Crippen LogP contribution in [-0.2, 0) is 0 Å². The van der Waals surface area contributed by atoms with Crippen molar-refractivity contribution in [3.05, 3.63) is 11.4 Å². The van der Waals surface area contributed by atoms with Crippen LogP contribution in [0.3, 0.4) is 0 Å². The number of nitrogens with one attached hydrogen (secondary N) is 1. The topological polar surface area (TPSA) is 41.1 Å². The van der Waals surface area contributed by atoms with Crippen LogP contribution in [0.5, 0.6) is 0 Å². The Labute approximate surface area is 110 Å². The lowest BCUT2D eigenvalue weighted by molar-refractivity contribution is 0.480. The van der Waals surface area contributed by atoms with Crippen LogP contribution in [0.15, 0.2) is 0 Å². The first-order valence-electron chi connectivity index (χ1n) is 6.99. The van der Waals surface area contributed by atoms with Crippen LogP contribution in [0.2, 0.25) is 0 Å². The molecular weight excluding hydrogens is 224 g/mol. The summed E-state index contributed by atoms with van der Waals surface area (Å²) in [6.07, 6.45) is 3.86. The van der Waals surface area contributed by atoms with Gasteiger partial charge in [-0.2, -0.15) is 0 Å². The number of piperidine rings is 1. The zero-order valence-corrected chi connectivity index (χ0v) is 12.0. The highest BCUT2D eigenvalue weighted by Crippen LogP contribution is 2.28. The summed E-state index contributed by atoms with van der Waals surface area (Å²) in [6, 6.07) is 0.584. The van der Waals surface area contributed by atoms with Gasteiger partial charge in [-0.05, 0) is 47.0 Å². The maximum Gasteiger partial charge on any atom is 0.137 e. The third-order valence-corrected chi connectivity index (χ3v) is 3.65. The van der Waals surface area contributed by atoms with Crippen molar-refractivity contribution in [3.63, 3.8) is 0 Å². The lowest BCUT2D eigenvalue weighted by atomic mass is 10.0. The van der Waals surface area contributed by atoms with Gasteiger partial charge in [0.15, 0.2) is 0 Å². The summed E-state index contributed by atoms with van der Waals surface area (Å²) in [4.78, 5) is 11.6. The molecule has 1 aromatic rings. The van der Waals surface area contributed by atoms with Gasteiger partial charge in [-0.3, -0.25) is 0 Å². The maximum absolute atomic E-state index is 4.66.